The van der Waals surface area contributed by atoms with E-state index in [0.717, 1.165) is 25.3 Å². The molecule has 2 aromatic rings. The van der Waals surface area contributed by atoms with Gasteiger partial charge >= 0.3 is 0 Å². The Kier molecular flexibility index (Phi) is 3.46. The highest BCUT2D eigenvalue weighted by molar-refractivity contribution is 5.33. The third kappa shape index (κ3) is 2.76. The maximum Gasteiger partial charge on any atom is 0.230 e. The molecule has 0 atom stereocenters. The summed E-state index contributed by atoms with van der Waals surface area (Å²) in [5, 5.41) is 8.06. The molecular formula is C14H17N3O2. The SMILES string of the molecule is CCc1nnc(CN2CCOc3ccccc3C2)o1. The van der Waals surface area contributed by atoms with E-state index in [9.17, 15) is 0 Å². The molecule has 0 aliphatic carbocycles. The molecule has 0 spiro atoms. The Labute approximate surface area is 112 Å². The van der Waals surface area contributed by atoms with Gasteiger partial charge in [-0.3, -0.25) is 4.90 Å². The van der Waals surface area contributed by atoms with Crippen LogP contribution in [0.25, 0.3) is 0 Å². The summed E-state index contributed by atoms with van der Waals surface area (Å²) < 4.78 is 11.3. The summed E-state index contributed by atoms with van der Waals surface area (Å²) in [5.41, 5.74) is 1.20. The smallest absolute Gasteiger partial charge is 0.230 e. The Morgan fingerprint density at radius 1 is 1.21 bits per heavy atom. The van der Waals surface area contributed by atoms with Crippen molar-refractivity contribution in [2.45, 2.75) is 26.4 Å². The Morgan fingerprint density at radius 2 is 2.05 bits per heavy atom. The molecule has 0 N–H and O–H groups in total. The molecule has 100 valence electrons. The number of aromatic nitrogens is 2. The van der Waals surface area contributed by atoms with Crippen LogP contribution < -0.4 is 4.74 Å². The van der Waals surface area contributed by atoms with Crippen LogP contribution in [0.5, 0.6) is 5.75 Å². The molecule has 0 amide bonds. The summed E-state index contributed by atoms with van der Waals surface area (Å²) in [5.74, 6) is 2.35. The Morgan fingerprint density at radius 3 is 2.89 bits per heavy atom. The fraction of sp³-hybridized carbons (Fsp3) is 0.429. The number of hydrogen-bond donors (Lipinski definition) is 0. The third-order valence-electron chi connectivity index (χ3n) is 3.20. The Hall–Kier alpha value is -1.88. The molecule has 0 radical (unpaired) electrons. The number of para-hydroxylation sites is 1. The molecule has 0 saturated heterocycles. The van der Waals surface area contributed by atoms with Crippen molar-refractivity contribution in [3.05, 3.63) is 41.6 Å². The van der Waals surface area contributed by atoms with Crippen LogP contribution in [0.15, 0.2) is 28.7 Å². The minimum Gasteiger partial charge on any atom is -0.492 e. The highest BCUT2D eigenvalue weighted by Gasteiger charge is 2.17. The van der Waals surface area contributed by atoms with Crippen LogP contribution in [0.1, 0.15) is 24.3 Å². The second-order valence-corrected chi connectivity index (χ2v) is 4.61. The summed E-state index contributed by atoms with van der Waals surface area (Å²) in [4.78, 5) is 2.26. The summed E-state index contributed by atoms with van der Waals surface area (Å²) in [6.45, 7) is 5.07. The van der Waals surface area contributed by atoms with Crippen LogP contribution in [-0.4, -0.2) is 28.2 Å². The van der Waals surface area contributed by atoms with E-state index in [1.54, 1.807) is 0 Å². The molecule has 1 aliphatic heterocycles. The van der Waals surface area contributed by atoms with Crippen molar-refractivity contribution in [2.75, 3.05) is 13.2 Å². The van der Waals surface area contributed by atoms with Crippen molar-refractivity contribution >= 4 is 0 Å². The first-order chi connectivity index (χ1) is 9.35. The van der Waals surface area contributed by atoms with Gasteiger partial charge in [-0.25, -0.2) is 0 Å². The zero-order valence-electron chi connectivity index (χ0n) is 11.0. The monoisotopic (exact) mass is 259 g/mol. The zero-order valence-corrected chi connectivity index (χ0v) is 11.0. The third-order valence-corrected chi connectivity index (χ3v) is 3.20. The van der Waals surface area contributed by atoms with Crippen LogP contribution >= 0.6 is 0 Å². The molecule has 5 heteroatoms. The van der Waals surface area contributed by atoms with Crippen molar-refractivity contribution in [3.63, 3.8) is 0 Å². The first-order valence-corrected chi connectivity index (χ1v) is 6.59. The molecule has 1 aromatic carbocycles. The van der Waals surface area contributed by atoms with E-state index in [2.05, 4.69) is 21.2 Å². The number of fused-ring (bicyclic) bond motifs is 1. The standard InChI is InChI=1S/C14H17N3O2/c1-2-13-15-16-14(19-13)10-17-7-8-18-12-6-4-3-5-11(12)9-17/h3-6H,2,7-10H2,1H3. The lowest BCUT2D eigenvalue weighted by Crippen LogP contribution is -2.25. The molecule has 1 aliphatic rings. The maximum atomic E-state index is 5.73. The highest BCUT2D eigenvalue weighted by atomic mass is 16.5. The first-order valence-electron chi connectivity index (χ1n) is 6.59. The Balaban J connectivity index is 1.72. The number of rotatable bonds is 3. The van der Waals surface area contributed by atoms with Crippen molar-refractivity contribution in [2.24, 2.45) is 0 Å². The summed E-state index contributed by atoms with van der Waals surface area (Å²) in [6, 6.07) is 8.15. The molecule has 19 heavy (non-hydrogen) atoms. The predicted octanol–water partition coefficient (Wildman–Crippen LogP) is 2.03. The van der Waals surface area contributed by atoms with E-state index in [1.165, 1.54) is 5.56 Å². The van der Waals surface area contributed by atoms with Crippen molar-refractivity contribution < 1.29 is 9.15 Å². The Bertz CT molecular complexity index is 553. The number of hydrogen-bond acceptors (Lipinski definition) is 5. The summed E-state index contributed by atoms with van der Waals surface area (Å²) in [6.07, 6.45) is 0.777. The fourth-order valence-corrected chi connectivity index (χ4v) is 2.20. The second-order valence-electron chi connectivity index (χ2n) is 4.61. The van der Waals surface area contributed by atoms with Gasteiger partial charge in [0.1, 0.15) is 12.4 Å². The van der Waals surface area contributed by atoms with Crippen LogP contribution in [0.4, 0.5) is 0 Å². The van der Waals surface area contributed by atoms with Crippen LogP contribution in [-0.2, 0) is 19.5 Å². The normalized spacial score (nSPS) is 15.6. The van der Waals surface area contributed by atoms with Gasteiger partial charge in [0, 0.05) is 25.1 Å². The highest BCUT2D eigenvalue weighted by Crippen LogP contribution is 2.23. The maximum absolute atomic E-state index is 5.73. The van der Waals surface area contributed by atoms with Gasteiger partial charge in [0.2, 0.25) is 11.8 Å². The van der Waals surface area contributed by atoms with Crippen LogP contribution in [0, 0.1) is 0 Å². The van der Waals surface area contributed by atoms with Gasteiger partial charge in [0.25, 0.3) is 0 Å². The van der Waals surface area contributed by atoms with Crippen molar-refractivity contribution in [3.8, 4) is 5.75 Å². The number of aryl methyl sites for hydroxylation is 1. The van der Waals surface area contributed by atoms with Gasteiger partial charge in [-0.05, 0) is 6.07 Å². The van der Waals surface area contributed by atoms with E-state index >= 15 is 0 Å². The summed E-state index contributed by atoms with van der Waals surface area (Å²) in [7, 11) is 0. The predicted molar refractivity (Wildman–Crippen MR) is 69.7 cm³/mol. The van der Waals surface area contributed by atoms with Gasteiger partial charge in [-0.1, -0.05) is 25.1 Å². The van der Waals surface area contributed by atoms with E-state index in [1.807, 2.05) is 25.1 Å². The largest absolute Gasteiger partial charge is 0.492 e. The van der Waals surface area contributed by atoms with E-state index in [4.69, 9.17) is 9.15 Å². The molecule has 3 rings (SSSR count). The summed E-state index contributed by atoms with van der Waals surface area (Å²) >= 11 is 0. The lowest BCUT2D eigenvalue weighted by molar-refractivity contribution is 0.202. The minimum absolute atomic E-state index is 0.671. The van der Waals surface area contributed by atoms with Crippen molar-refractivity contribution in [1.29, 1.82) is 0 Å². The first kappa shape index (κ1) is 12.2. The second kappa shape index (κ2) is 5.40. The molecule has 1 aromatic heterocycles. The van der Waals surface area contributed by atoms with E-state index in [-0.39, 0.29) is 0 Å². The molecular weight excluding hydrogens is 242 g/mol. The lowest BCUT2D eigenvalue weighted by atomic mass is 10.2. The number of benzene rings is 1. The molecule has 0 bridgehead atoms. The lowest BCUT2D eigenvalue weighted by Gasteiger charge is -2.16. The van der Waals surface area contributed by atoms with Crippen LogP contribution in [0.2, 0.25) is 0 Å². The van der Waals surface area contributed by atoms with Crippen LogP contribution in [0.3, 0.4) is 0 Å². The van der Waals surface area contributed by atoms with Gasteiger partial charge in [0.15, 0.2) is 0 Å². The zero-order chi connectivity index (χ0) is 13.1. The van der Waals surface area contributed by atoms with Crippen molar-refractivity contribution in [1.82, 2.24) is 15.1 Å². The topological polar surface area (TPSA) is 51.4 Å². The molecule has 0 fully saturated rings. The van der Waals surface area contributed by atoms with E-state index < -0.39 is 0 Å². The molecule has 2 heterocycles. The average molecular weight is 259 g/mol. The quantitative estimate of drug-likeness (QED) is 0.844. The minimum atomic E-state index is 0.671. The van der Waals surface area contributed by atoms with E-state index in [0.29, 0.717) is 24.9 Å². The molecule has 5 nitrogen and oxygen atoms in total. The van der Waals surface area contributed by atoms with Gasteiger partial charge in [0.05, 0.1) is 6.54 Å². The number of ether oxygens (including phenoxy) is 1. The molecule has 0 unspecified atom stereocenters. The number of nitrogens with zero attached hydrogens (tertiary/aromatic N) is 3. The molecule has 0 saturated carbocycles. The fourth-order valence-electron chi connectivity index (χ4n) is 2.20. The average Bonchev–Trinajstić information content (AvgIpc) is 2.78. The van der Waals surface area contributed by atoms with Gasteiger partial charge < -0.3 is 9.15 Å². The van der Waals surface area contributed by atoms with Gasteiger partial charge in [-0.2, -0.15) is 0 Å². The van der Waals surface area contributed by atoms with Gasteiger partial charge in [-0.15, -0.1) is 10.2 Å².